The molecule has 1 aromatic rings. The first-order valence-corrected chi connectivity index (χ1v) is 7.25. The Kier molecular flexibility index (Phi) is 5.96. The minimum Gasteiger partial charge on any atom is -0.444 e. The Morgan fingerprint density at radius 2 is 1.90 bits per heavy atom. The molecule has 1 rings (SSSR count). The van der Waals surface area contributed by atoms with Crippen molar-refractivity contribution in [1.29, 1.82) is 0 Å². The highest BCUT2D eigenvalue weighted by Gasteiger charge is 2.21. The number of nitrogens with zero attached hydrogens (tertiary/aromatic N) is 1. The van der Waals surface area contributed by atoms with Crippen molar-refractivity contribution in [1.82, 2.24) is 4.90 Å². The standard InChI is InChI=1S/C15H23N3O2S/c1-5-18(14(19)20-15(2,3)4)10-11-6-8-12(9-7-11)17-13(16)21/h6-9H,5,10H2,1-4H3,(H3,16,17,21). The van der Waals surface area contributed by atoms with E-state index in [2.05, 4.69) is 5.32 Å². The minimum atomic E-state index is -0.491. The molecule has 0 radical (unpaired) electrons. The van der Waals surface area contributed by atoms with Crippen LogP contribution >= 0.6 is 12.2 Å². The molecule has 0 fully saturated rings. The molecule has 0 atom stereocenters. The van der Waals surface area contributed by atoms with Crippen LogP contribution in [0.5, 0.6) is 0 Å². The number of thiocarbonyl (C=S) groups is 1. The third kappa shape index (κ3) is 6.44. The molecule has 0 bridgehead atoms. The third-order valence-corrected chi connectivity index (χ3v) is 2.73. The average Bonchev–Trinajstić information content (AvgIpc) is 2.35. The van der Waals surface area contributed by atoms with Crippen LogP contribution in [-0.2, 0) is 11.3 Å². The van der Waals surface area contributed by atoms with Gasteiger partial charge in [0.15, 0.2) is 5.11 Å². The monoisotopic (exact) mass is 309 g/mol. The number of rotatable bonds is 4. The zero-order chi connectivity index (χ0) is 16.0. The van der Waals surface area contributed by atoms with Crippen LogP contribution in [0.3, 0.4) is 0 Å². The Morgan fingerprint density at radius 3 is 2.33 bits per heavy atom. The van der Waals surface area contributed by atoms with Crippen LogP contribution in [-0.4, -0.2) is 28.3 Å². The molecule has 0 aliphatic rings. The summed E-state index contributed by atoms with van der Waals surface area (Å²) >= 11 is 4.78. The Labute approximate surface area is 131 Å². The largest absolute Gasteiger partial charge is 0.444 e. The van der Waals surface area contributed by atoms with Crippen LogP contribution in [0.2, 0.25) is 0 Å². The second-order valence-electron chi connectivity index (χ2n) is 5.68. The van der Waals surface area contributed by atoms with Gasteiger partial charge in [-0.2, -0.15) is 0 Å². The van der Waals surface area contributed by atoms with Crippen LogP contribution in [0.1, 0.15) is 33.3 Å². The van der Waals surface area contributed by atoms with E-state index in [1.54, 1.807) is 4.90 Å². The molecule has 0 heterocycles. The molecule has 3 N–H and O–H groups in total. The van der Waals surface area contributed by atoms with Crippen molar-refractivity contribution in [2.24, 2.45) is 5.73 Å². The third-order valence-electron chi connectivity index (χ3n) is 2.63. The van der Waals surface area contributed by atoms with Gasteiger partial charge in [0, 0.05) is 18.8 Å². The Bertz CT molecular complexity index is 495. The molecule has 0 aliphatic carbocycles. The summed E-state index contributed by atoms with van der Waals surface area (Å²) in [6.07, 6.45) is -0.310. The summed E-state index contributed by atoms with van der Waals surface area (Å²) in [4.78, 5) is 13.7. The molecule has 0 saturated heterocycles. The van der Waals surface area contributed by atoms with Crippen molar-refractivity contribution < 1.29 is 9.53 Å². The summed E-state index contributed by atoms with van der Waals surface area (Å²) in [6.45, 7) is 8.58. The van der Waals surface area contributed by atoms with E-state index in [0.29, 0.717) is 13.1 Å². The minimum absolute atomic E-state index is 0.228. The van der Waals surface area contributed by atoms with Gasteiger partial charge in [0.2, 0.25) is 0 Å². The predicted molar refractivity (Wildman–Crippen MR) is 89.2 cm³/mol. The summed E-state index contributed by atoms with van der Waals surface area (Å²) in [5.41, 5.74) is 6.76. The quantitative estimate of drug-likeness (QED) is 0.837. The molecule has 1 amide bonds. The van der Waals surface area contributed by atoms with E-state index in [1.807, 2.05) is 52.0 Å². The van der Waals surface area contributed by atoms with Crippen LogP contribution in [0, 0.1) is 0 Å². The summed E-state index contributed by atoms with van der Waals surface area (Å²) < 4.78 is 5.38. The molecular weight excluding hydrogens is 286 g/mol. The Hall–Kier alpha value is -1.82. The summed E-state index contributed by atoms with van der Waals surface area (Å²) in [7, 11) is 0. The average molecular weight is 309 g/mol. The fourth-order valence-corrected chi connectivity index (χ4v) is 1.81. The molecule has 0 aliphatic heterocycles. The van der Waals surface area contributed by atoms with Crippen LogP contribution in [0.4, 0.5) is 10.5 Å². The number of hydrogen-bond acceptors (Lipinski definition) is 3. The van der Waals surface area contributed by atoms with Gasteiger partial charge in [-0.15, -0.1) is 0 Å². The summed E-state index contributed by atoms with van der Waals surface area (Å²) in [5.74, 6) is 0. The molecule has 0 saturated carbocycles. The number of carbonyl (C=O) groups excluding carboxylic acids is 1. The topological polar surface area (TPSA) is 67.6 Å². The lowest BCUT2D eigenvalue weighted by Crippen LogP contribution is -2.36. The van der Waals surface area contributed by atoms with Crippen molar-refractivity contribution in [3.8, 4) is 0 Å². The summed E-state index contributed by atoms with van der Waals surface area (Å²) in [5, 5.41) is 3.09. The van der Waals surface area contributed by atoms with Gasteiger partial charge in [-0.05, 0) is 57.6 Å². The van der Waals surface area contributed by atoms with E-state index in [9.17, 15) is 4.79 Å². The molecule has 116 valence electrons. The van der Waals surface area contributed by atoms with Gasteiger partial charge in [0.1, 0.15) is 5.60 Å². The Morgan fingerprint density at radius 1 is 1.33 bits per heavy atom. The highest BCUT2D eigenvalue weighted by Crippen LogP contribution is 2.14. The fourth-order valence-electron chi connectivity index (χ4n) is 1.69. The number of anilines is 1. The maximum Gasteiger partial charge on any atom is 0.410 e. The number of hydrogen-bond donors (Lipinski definition) is 2. The van der Waals surface area contributed by atoms with Gasteiger partial charge in [-0.3, -0.25) is 0 Å². The van der Waals surface area contributed by atoms with E-state index < -0.39 is 5.60 Å². The van der Waals surface area contributed by atoms with E-state index in [-0.39, 0.29) is 11.2 Å². The van der Waals surface area contributed by atoms with Gasteiger partial charge in [0.05, 0.1) is 0 Å². The lowest BCUT2D eigenvalue weighted by Gasteiger charge is -2.26. The smallest absolute Gasteiger partial charge is 0.410 e. The number of nitrogens with two attached hydrogens (primary N) is 1. The molecule has 5 nitrogen and oxygen atoms in total. The SMILES string of the molecule is CCN(Cc1ccc(NC(N)=S)cc1)C(=O)OC(C)(C)C. The predicted octanol–water partition coefficient (Wildman–Crippen LogP) is 3.10. The van der Waals surface area contributed by atoms with Crippen molar-refractivity contribution in [2.45, 2.75) is 39.8 Å². The number of nitrogens with one attached hydrogen (secondary N) is 1. The first-order chi connectivity index (χ1) is 9.71. The van der Waals surface area contributed by atoms with Gasteiger partial charge in [-0.25, -0.2) is 4.79 Å². The van der Waals surface area contributed by atoms with Gasteiger partial charge < -0.3 is 20.7 Å². The van der Waals surface area contributed by atoms with Gasteiger partial charge >= 0.3 is 6.09 Å². The normalized spacial score (nSPS) is 10.9. The van der Waals surface area contributed by atoms with Crippen molar-refractivity contribution in [2.75, 3.05) is 11.9 Å². The van der Waals surface area contributed by atoms with Gasteiger partial charge in [-0.1, -0.05) is 12.1 Å². The molecule has 0 unspecified atom stereocenters. The number of benzene rings is 1. The van der Waals surface area contributed by atoms with Gasteiger partial charge in [0.25, 0.3) is 0 Å². The number of carbonyl (C=O) groups is 1. The first-order valence-electron chi connectivity index (χ1n) is 6.84. The molecule has 0 spiro atoms. The Balaban J connectivity index is 2.69. The lowest BCUT2D eigenvalue weighted by molar-refractivity contribution is 0.0244. The van der Waals surface area contributed by atoms with Crippen molar-refractivity contribution >= 4 is 29.1 Å². The van der Waals surface area contributed by atoms with E-state index in [1.165, 1.54) is 0 Å². The molecule has 21 heavy (non-hydrogen) atoms. The maximum absolute atomic E-state index is 12.1. The van der Waals surface area contributed by atoms with E-state index in [4.69, 9.17) is 22.7 Å². The highest BCUT2D eigenvalue weighted by atomic mass is 32.1. The fraction of sp³-hybridized carbons (Fsp3) is 0.467. The molecule has 0 aromatic heterocycles. The van der Waals surface area contributed by atoms with Crippen LogP contribution in [0.25, 0.3) is 0 Å². The molecule has 1 aromatic carbocycles. The van der Waals surface area contributed by atoms with E-state index in [0.717, 1.165) is 11.3 Å². The van der Waals surface area contributed by atoms with E-state index >= 15 is 0 Å². The van der Waals surface area contributed by atoms with Crippen LogP contribution in [0.15, 0.2) is 24.3 Å². The number of ether oxygens (including phenoxy) is 1. The zero-order valence-electron chi connectivity index (χ0n) is 13.0. The highest BCUT2D eigenvalue weighted by molar-refractivity contribution is 7.80. The lowest BCUT2D eigenvalue weighted by atomic mass is 10.2. The number of amides is 1. The zero-order valence-corrected chi connectivity index (χ0v) is 13.8. The van der Waals surface area contributed by atoms with Crippen molar-refractivity contribution in [3.05, 3.63) is 29.8 Å². The first kappa shape index (κ1) is 17.2. The maximum atomic E-state index is 12.1. The van der Waals surface area contributed by atoms with Crippen molar-refractivity contribution in [3.63, 3.8) is 0 Å². The summed E-state index contributed by atoms with van der Waals surface area (Å²) in [6, 6.07) is 7.59. The molecular formula is C15H23N3O2S. The molecule has 6 heteroatoms. The second-order valence-corrected chi connectivity index (χ2v) is 6.12. The van der Waals surface area contributed by atoms with Crippen LogP contribution < -0.4 is 11.1 Å². The second kappa shape index (κ2) is 7.26.